The van der Waals surface area contributed by atoms with Gasteiger partial charge in [-0.25, -0.2) is 0 Å². The Hall–Kier alpha value is -0.810. The molecule has 0 heterocycles. The van der Waals surface area contributed by atoms with Crippen LogP contribution in [0.1, 0.15) is 13.8 Å². The second-order valence-corrected chi connectivity index (χ2v) is 5.65. The summed E-state index contributed by atoms with van der Waals surface area (Å²) in [7, 11) is 0. The van der Waals surface area contributed by atoms with Gasteiger partial charge in [0.25, 0.3) is 5.76 Å². The summed E-state index contributed by atoms with van der Waals surface area (Å²) in [5, 5.41) is 2.63. The Morgan fingerprint density at radius 3 is 2.61 bits per heavy atom. The summed E-state index contributed by atoms with van der Waals surface area (Å²) < 4.78 is 24.7. The largest absolute Gasteiger partial charge is 0.325 e. The number of hydrogen-bond acceptors (Lipinski definition) is 2. The highest BCUT2D eigenvalue weighted by atomic mass is 35.5. The minimum Gasteiger partial charge on any atom is -0.325 e. The molecule has 0 fully saturated rings. The average molecular weight is 294 g/mol. The Morgan fingerprint density at radius 2 is 2.06 bits per heavy atom. The molecule has 100 valence electrons. The summed E-state index contributed by atoms with van der Waals surface area (Å²) in [6.45, 7) is 3.39. The normalized spacial score (nSPS) is 11.7. The maximum absolute atomic E-state index is 12.4. The molecule has 0 unspecified atom stereocenters. The van der Waals surface area contributed by atoms with Crippen LogP contribution < -0.4 is 5.32 Å². The lowest BCUT2D eigenvalue weighted by Gasteiger charge is -2.21. The summed E-state index contributed by atoms with van der Waals surface area (Å²) in [5.41, 5.74) is -0.365. The van der Waals surface area contributed by atoms with Crippen LogP contribution in [0.4, 0.5) is 14.5 Å². The monoisotopic (exact) mass is 293 g/mol. The van der Waals surface area contributed by atoms with Crippen molar-refractivity contribution in [2.75, 3.05) is 11.2 Å². The van der Waals surface area contributed by atoms with Gasteiger partial charge in [-0.05, 0) is 26.0 Å². The lowest BCUT2D eigenvalue weighted by atomic mass is 9.95. The third-order valence-electron chi connectivity index (χ3n) is 2.30. The van der Waals surface area contributed by atoms with Crippen LogP contribution >= 0.6 is 23.4 Å². The maximum Gasteiger partial charge on any atom is 0.288 e. The molecule has 0 aliphatic carbocycles. The van der Waals surface area contributed by atoms with E-state index < -0.39 is 11.2 Å². The Labute approximate surface area is 114 Å². The van der Waals surface area contributed by atoms with Gasteiger partial charge in [-0.15, -0.1) is 11.6 Å². The number of hydrogen-bond donors (Lipinski definition) is 1. The molecule has 18 heavy (non-hydrogen) atoms. The van der Waals surface area contributed by atoms with Gasteiger partial charge in [-0.3, -0.25) is 4.79 Å². The van der Waals surface area contributed by atoms with Gasteiger partial charge in [0.15, 0.2) is 0 Å². The number of anilines is 1. The van der Waals surface area contributed by atoms with Gasteiger partial charge in [-0.2, -0.15) is 8.78 Å². The topological polar surface area (TPSA) is 29.1 Å². The zero-order chi connectivity index (χ0) is 13.8. The second kappa shape index (κ2) is 6.38. The van der Waals surface area contributed by atoms with E-state index in [1.165, 1.54) is 0 Å². The number of halogens is 3. The van der Waals surface area contributed by atoms with E-state index in [2.05, 4.69) is 5.32 Å². The molecule has 0 saturated heterocycles. The summed E-state index contributed by atoms with van der Waals surface area (Å²) in [6.07, 6.45) is 0. The number of amides is 1. The quantitative estimate of drug-likeness (QED) is 0.651. The van der Waals surface area contributed by atoms with Crippen molar-refractivity contribution in [1.29, 1.82) is 0 Å². The van der Waals surface area contributed by atoms with Gasteiger partial charge in [0.2, 0.25) is 5.91 Å². The summed E-state index contributed by atoms with van der Waals surface area (Å²) >= 11 is 6.10. The number of carbonyl (C=O) groups excluding carboxylic acids is 1. The van der Waals surface area contributed by atoms with Gasteiger partial charge < -0.3 is 5.32 Å². The first-order valence-electron chi connectivity index (χ1n) is 5.28. The zero-order valence-electron chi connectivity index (χ0n) is 10.0. The second-order valence-electron chi connectivity index (χ2n) is 4.35. The molecule has 0 aromatic heterocycles. The van der Waals surface area contributed by atoms with Crippen LogP contribution in [-0.2, 0) is 4.79 Å². The first-order chi connectivity index (χ1) is 8.36. The van der Waals surface area contributed by atoms with Gasteiger partial charge in [0.05, 0.1) is 11.1 Å². The third-order valence-corrected chi connectivity index (χ3v) is 3.76. The van der Waals surface area contributed by atoms with Crippen LogP contribution in [0.2, 0.25) is 0 Å². The van der Waals surface area contributed by atoms with Crippen molar-refractivity contribution in [1.82, 2.24) is 0 Å². The molecule has 1 aromatic carbocycles. The van der Waals surface area contributed by atoms with Crippen molar-refractivity contribution in [3.05, 3.63) is 24.3 Å². The third kappa shape index (κ3) is 4.14. The molecule has 2 nitrogen and oxygen atoms in total. The van der Waals surface area contributed by atoms with E-state index in [1.54, 1.807) is 38.1 Å². The molecule has 0 spiro atoms. The molecule has 0 saturated carbocycles. The number of alkyl halides is 3. The van der Waals surface area contributed by atoms with Crippen LogP contribution in [0.15, 0.2) is 29.2 Å². The molecule has 0 aliphatic rings. The highest BCUT2D eigenvalue weighted by Crippen LogP contribution is 2.32. The fraction of sp³-hybridized carbons (Fsp3) is 0.417. The van der Waals surface area contributed by atoms with Crippen LogP contribution in [0.25, 0.3) is 0 Å². The SMILES string of the molecule is CC(C)(CCl)C(=O)Nc1ccccc1SC(F)F. The van der Waals surface area contributed by atoms with Gasteiger partial charge in [-0.1, -0.05) is 23.9 Å². The van der Waals surface area contributed by atoms with Crippen molar-refractivity contribution < 1.29 is 13.6 Å². The van der Waals surface area contributed by atoms with Crippen molar-refractivity contribution >= 4 is 35.0 Å². The highest BCUT2D eigenvalue weighted by molar-refractivity contribution is 7.99. The molecule has 0 atom stereocenters. The van der Waals surface area contributed by atoms with E-state index in [1.807, 2.05) is 0 Å². The summed E-state index contributed by atoms with van der Waals surface area (Å²) in [6, 6.07) is 6.46. The molecule has 1 amide bonds. The average Bonchev–Trinajstić information content (AvgIpc) is 2.31. The van der Waals surface area contributed by atoms with Crippen LogP contribution in [0.5, 0.6) is 0 Å². The van der Waals surface area contributed by atoms with Crippen molar-refractivity contribution in [2.24, 2.45) is 5.41 Å². The standard InChI is InChI=1S/C12H14ClF2NOS/c1-12(2,7-13)10(17)16-8-5-3-4-6-9(8)18-11(14)15/h3-6,11H,7H2,1-2H3,(H,16,17). The Morgan fingerprint density at radius 1 is 1.44 bits per heavy atom. The number of rotatable bonds is 5. The van der Waals surface area contributed by atoms with Crippen LogP contribution in [0, 0.1) is 5.41 Å². The molecular weight excluding hydrogens is 280 g/mol. The Kier molecular flexibility index (Phi) is 5.41. The van der Waals surface area contributed by atoms with Gasteiger partial charge in [0, 0.05) is 10.8 Å². The molecule has 6 heteroatoms. The van der Waals surface area contributed by atoms with E-state index >= 15 is 0 Å². The van der Waals surface area contributed by atoms with E-state index in [-0.39, 0.29) is 11.8 Å². The number of benzene rings is 1. The van der Waals surface area contributed by atoms with Crippen LogP contribution in [-0.4, -0.2) is 17.5 Å². The molecule has 1 N–H and O–H groups in total. The molecule has 0 bridgehead atoms. The van der Waals surface area contributed by atoms with Gasteiger partial charge >= 0.3 is 0 Å². The predicted molar refractivity (Wildman–Crippen MR) is 71.4 cm³/mol. The number of thioether (sulfide) groups is 1. The number of carbonyl (C=O) groups is 1. The number of nitrogens with one attached hydrogen (secondary N) is 1. The zero-order valence-corrected chi connectivity index (χ0v) is 11.6. The summed E-state index contributed by atoms with van der Waals surface area (Å²) in [4.78, 5) is 12.3. The van der Waals surface area contributed by atoms with Crippen LogP contribution in [0.3, 0.4) is 0 Å². The maximum atomic E-state index is 12.4. The van der Waals surface area contributed by atoms with E-state index in [4.69, 9.17) is 11.6 Å². The lowest BCUT2D eigenvalue weighted by molar-refractivity contribution is -0.122. The predicted octanol–water partition coefficient (Wildman–Crippen LogP) is 4.20. The van der Waals surface area contributed by atoms with Crippen molar-refractivity contribution in [3.63, 3.8) is 0 Å². The van der Waals surface area contributed by atoms with Crippen molar-refractivity contribution in [2.45, 2.75) is 24.5 Å². The van der Waals surface area contributed by atoms with E-state index in [0.717, 1.165) is 0 Å². The van der Waals surface area contributed by atoms with Gasteiger partial charge in [0.1, 0.15) is 0 Å². The molecular formula is C12H14ClF2NOS. The molecule has 0 aliphatic heterocycles. The first kappa shape index (κ1) is 15.2. The minimum atomic E-state index is -2.52. The fourth-order valence-electron chi connectivity index (χ4n) is 1.12. The first-order valence-corrected chi connectivity index (χ1v) is 6.69. The fourth-order valence-corrected chi connectivity index (χ4v) is 1.84. The molecule has 1 aromatic rings. The lowest BCUT2D eigenvalue weighted by Crippen LogP contribution is -2.32. The van der Waals surface area contributed by atoms with E-state index in [9.17, 15) is 13.6 Å². The van der Waals surface area contributed by atoms with E-state index in [0.29, 0.717) is 22.3 Å². The minimum absolute atomic E-state index is 0.156. The molecule has 1 rings (SSSR count). The Bertz CT molecular complexity index is 426. The highest BCUT2D eigenvalue weighted by Gasteiger charge is 2.27. The molecule has 0 radical (unpaired) electrons. The van der Waals surface area contributed by atoms with Crippen molar-refractivity contribution in [3.8, 4) is 0 Å². The Balaban J connectivity index is 2.87. The number of para-hydroxylation sites is 1. The smallest absolute Gasteiger partial charge is 0.288 e. The summed E-state index contributed by atoms with van der Waals surface area (Å²) in [5.74, 6) is -2.66.